The number of nitrogens with zero attached hydrogens (tertiary/aromatic N) is 6. The molecule has 0 atom stereocenters. The van der Waals surface area contributed by atoms with Gasteiger partial charge in [0, 0.05) is 92.2 Å². The van der Waals surface area contributed by atoms with Gasteiger partial charge in [0.1, 0.15) is 0 Å². The number of pyridine rings is 2. The largest absolute Gasteiger partial charge is 0.310 e. The number of hydrogen-bond acceptors (Lipinski definition) is 4. The highest BCUT2D eigenvalue weighted by Crippen LogP contribution is 2.51. The fourth-order valence-corrected chi connectivity index (χ4v) is 15.9. The Morgan fingerprint density at radius 3 is 0.764 bits per heavy atom. The molecular formula is C100H68N6. The third kappa shape index (κ3) is 11.3. The van der Waals surface area contributed by atoms with Crippen molar-refractivity contribution in [3.8, 4) is 101 Å². The minimum Gasteiger partial charge on any atom is -0.310 e. The van der Waals surface area contributed by atoms with E-state index in [1.54, 1.807) is 0 Å². The Kier molecular flexibility index (Phi) is 16.2. The summed E-state index contributed by atoms with van der Waals surface area (Å²) in [4.78, 5) is 13.7. The van der Waals surface area contributed by atoms with E-state index in [2.05, 4.69) is 405 Å². The quantitative estimate of drug-likeness (QED) is 0.0904. The Labute approximate surface area is 616 Å². The monoisotopic (exact) mass is 1350 g/mol. The minimum absolute atomic E-state index is 1.03. The Morgan fingerprint density at radius 2 is 0.453 bits per heavy atom. The second-order valence-electron chi connectivity index (χ2n) is 26.8. The molecule has 0 radical (unpaired) electrons. The van der Waals surface area contributed by atoms with E-state index in [0.717, 1.165) is 124 Å². The van der Waals surface area contributed by atoms with Crippen LogP contribution >= 0.6 is 0 Å². The maximum atomic E-state index is 4.47. The molecule has 19 rings (SSSR count). The minimum atomic E-state index is 1.03. The maximum Gasteiger partial charge on any atom is 0.0619 e. The number of aromatic nitrogens is 4. The summed E-state index contributed by atoms with van der Waals surface area (Å²) in [7, 11) is 0. The maximum absolute atomic E-state index is 4.47. The molecule has 498 valence electrons. The van der Waals surface area contributed by atoms with E-state index in [1.807, 2.05) is 36.9 Å². The van der Waals surface area contributed by atoms with Crippen LogP contribution in [0.1, 0.15) is 0 Å². The van der Waals surface area contributed by atoms with Crippen molar-refractivity contribution in [3.05, 3.63) is 413 Å². The highest BCUT2D eigenvalue weighted by molar-refractivity contribution is 6.22. The molecule has 0 aliphatic heterocycles. The van der Waals surface area contributed by atoms with Crippen molar-refractivity contribution in [3.63, 3.8) is 0 Å². The van der Waals surface area contributed by atoms with E-state index in [9.17, 15) is 0 Å². The van der Waals surface area contributed by atoms with Crippen LogP contribution < -0.4 is 9.80 Å². The van der Waals surface area contributed by atoms with Gasteiger partial charge >= 0.3 is 0 Å². The molecule has 0 aliphatic carbocycles. The first-order valence-corrected chi connectivity index (χ1v) is 36.1. The zero-order valence-corrected chi connectivity index (χ0v) is 57.9. The molecule has 0 N–H and O–H groups in total. The van der Waals surface area contributed by atoms with E-state index >= 15 is 0 Å². The molecule has 6 nitrogen and oxygen atoms in total. The topological polar surface area (TPSA) is 42.1 Å². The number of hydrogen-bond donors (Lipinski definition) is 0. The lowest BCUT2D eigenvalue weighted by Gasteiger charge is -2.27. The number of rotatable bonds is 16. The molecule has 0 saturated heterocycles. The van der Waals surface area contributed by atoms with Crippen LogP contribution in [0.15, 0.2) is 413 Å². The van der Waals surface area contributed by atoms with Crippen molar-refractivity contribution in [1.82, 2.24) is 19.1 Å². The Balaban J connectivity index is 0.741. The van der Waals surface area contributed by atoms with Gasteiger partial charge in [-0.3, -0.25) is 9.97 Å². The summed E-state index contributed by atoms with van der Waals surface area (Å²) in [6.45, 7) is 0. The molecule has 0 unspecified atom stereocenters. The van der Waals surface area contributed by atoms with Gasteiger partial charge in [-0.2, -0.15) is 0 Å². The van der Waals surface area contributed by atoms with Crippen LogP contribution in [0.4, 0.5) is 34.1 Å². The van der Waals surface area contributed by atoms with Crippen LogP contribution in [0.2, 0.25) is 0 Å². The molecule has 0 aliphatic rings. The molecule has 6 heteroatoms. The van der Waals surface area contributed by atoms with Gasteiger partial charge in [0.15, 0.2) is 0 Å². The molecule has 15 aromatic carbocycles. The lowest BCUT2D eigenvalue weighted by molar-refractivity contribution is 1.13. The SMILES string of the molecule is c1ccc(-c2c(-c3ccccc3)n(-c3ccccc3)c3cc(N(c4ccc(-c5cccnc5)cc4)c4ccc(-c5c6ccccc6c(-c6ccc(N(c7ccc(-c8cccnc8)cc7)c7ccc8c(-c9ccccc9)c(-c9ccccc9)n(-c9ccccc9)c8c7)cc6)c6ccccc56)cc4)ccc23)cc1. The lowest BCUT2D eigenvalue weighted by atomic mass is 9.86. The number of para-hydroxylation sites is 2. The molecule has 4 heterocycles. The molecule has 106 heavy (non-hydrogen) atoms. The second-order valence-corrected chi connectivity index (χ2v) is 26.8. The first-order valence-electron chi connectivity index (χ1n) is 36.1. The van der Waals surface area contributed by atoms with Crippen LogP contribution in [-0.2, 0) is 0 Å². The summed E-state index contributed by atoms with van der Waals surface area (Å²) in [5.74, 6) is 0. The first kappa shape index (κ1) is 62.8. The summed E-state index contributed by atoms with van der Waals surface area (Å²) >= 11 is 0. The third-order valence-corrected chi connectivity index (χ3v) is 20.7. The van der Waals surface area contributed by atoms with Crippen LogP contribution in [0.3, 0.4) is 0 Å². The van der Waals surface area contributed by atoms with Crippen molar-refractivity contribution in [1.29, 1.82) is 0 Å². The predicted molar refractivity (Wildman–Crippen MR) is 444 cm³/mol. The number of benzene rings is 15. The Morgan fingerprint density at radius 1 is 0.189 bits per heavy atom. The lowest BCUT2D eigenvalue weighted by Crippen LogP contribution is -2.10. The van der Waals surface area contributed by atoms with Crippen LogP contribution in [0.5, 0.6) is 0 Å². The average molecular weight is 1350 g/mol. The van der Waals surface area contributed by atoms with Crippen LogP contribution in [0.25, 0.3) is 144 Å². The third-order valence-electron chi connectivity index (χ3n) is 20.7. The molecule has 19 aromatic rings. The molecule has 0 fully saturated rings. The van der Waals surface area contributed by atoms with Gasteiger partial charge in [-0.15, -0.1) is 0 Å². The average Bonchev–Trinajstić information content (AvgIpc) is 1.23. The highest BCUT2D eigenvalue weighted by atomic mass is 15.2. The van der Waals surface area contributed by atoms with E-state index in [-0.39, 0.29) is 0 Å². The summed E-state index contributed by atoms with van der Waals surface area (Å²) < 4.78 is 4.90. The van der Waals surface area contributed by atoms with Gasteiger partial charge in [0.05, 0.1) is 22.4 Å². The van der Waals surface area contributed by atoms with Crippen molar-refractivity contribution in [2.24, 2.45) is 0 Å². The zero-order valence-electron chi connectivity index (χ0n) is 57.9. The van der Waals surface area contributed by atoms with Crippen LogP contribution in [-0.4, -0.2) is 19.1 Å². The zero-order chi connectivity index (χ0) is 70.3. The van der Waals surface area contributed by atoms with Gasteiger partial charge < -0.3 is 18.9 Å². The van der Waals surface area contributed by atoms with Crippen molar-refractivity contribution < 1.29 is 0 Å². The van der Waals surface area contributed by atoms with Crippen molar-refractivity contribution in [2.45, 2.75) is 0 Å². The summed E-state index contributed by atoms with van der Waals surface area (Å²) in [5.41, 5.74) is 28.9. The van der Waals surface area contributed by atoms with Gasteiger partial charge in [0.2, 0.25) is 0 Å². The Hall–Kier alpha value is -14.2. The number of anilines is 6. The molecule has 0 amide bonds. The van der Waals surface area contributed by atoms with E-state index in [0.29, 0.717) is 0 Å². The fourth-order valence-electron chi connectivity index (χ4n) is 15.9. The van der Waals surface area contributed by atoms with Gasteiger partial charge in [0.25, 0.3) is 0 Å². The van der Waals surface area contributed by atoms with Gasteiger partial charge in [-0.05, 0) is 198 Å². The summed E-state index contributed by atoms with van der Waals surface area (Å²) in [6.07, 6.45) is 7.51. The standard InChI is InChI=1S/C100H68N6/c1-7-25-71(26-8-1)97-91-61-59-85(65-93(91)105(79-35-15-5-16-36-79)99(97)75-29-11-3-12-30-75)103(81-51-43-69(44-52-81)77-33-23-63-101-67-77)83-55-47-73(48-56-83)95-87-39-19-21-41-89(87)96(90-42-22-20-40-88(90)95)74-49-57-84(58-50-74)104(82-53-45-70(46-54-82)78-34-24-64-102-68-78)86-60-62-92-94(66-86)106(80-37-17-6-18-38-80)100(76-31-13-4-14-32-76)98(92)72-27-9-2-10-28-72/h1-68H. The van der Waals surface area contributed by atoms with Crippen molar-refractivity contribution >= 4 is 77.5 Å². The molecule has 0 bridgehead atoms. The first-order chi connectivity index (χ1) is 52.6. The predicted octanol–water partition coefficient (Wildman–Crippen LogP) is 26.9. The van der Waals surface area contributed by atoms with Gasteiger partial charge in [-0.1, -0.05) is 279 Å². The summed E-state index contributed by atoms with van der Waals surface area (Å²) in [6, 6.07) is 141. The van der Waals surface area contributed by atoms with E-state index < -0.39 is 0 Å². The molecule has 0 spiro atoms. The second kappa shape index (κ2) is 27.3. The molecule has 0 saturated carbocycles. The smallest absolute Gasteiger partial charge is 0.0619 e. The van der Waals surface area contributed by atoms with Crippen molar-refractivity contribution in [2.75, 3.05) is 9.80 Å². The Bertz CT molecular complexity index is 5900. The summed E-state index contributed by atoms with van der Waals surface area (Å²) in [5, 5.41) is 7.07. The highest BCUT2D eigenvalue weighted by Gasteiger charge is 2.27. The van der Waals surface area contributed by atoms with Crippen LogP contribution in [0, 0.1) is 0 Å². The number of fused-ring (bicyclic) bond motifs is 4. The fraction of sp³-hybridized carbons (Fsp3) is 0. The van der Waals surface area contributed by atoms with Gasteiger partial charge in [-0.25, -0.2) is 0 Å². The molecule has 4 aromatic heterocycles. The van der Waals surface area contributed by atoms with E-state index in [4.69, 9.17) is 0 Å². The molecular weight excluding hydrogens is 1290 g/mol. The van der Waals surface area contributed by atoms with E-state index in [1.165, 1.54) is 54.6 Å². The normalized spacial score (nSPS) is 11.4.